The van der Waals surface area contributed by atoms with Crippen molar-refractivity contribution in [1.82, 2.24) is 9.97 Å². The van der Waals surface area contributed by atoms with Crippen LogP contribution < -0.4 is 0 Å². The molecule has 16 heavy (non-hydrogen) atoms. The second kappa shape index (κ2) is 6.01. The van der Waals surface area contributed by atoms with Crippen molar-refractivity contribution in [3.63, 3.8) is 0 Å². The molecule has 0 atom stereocenters. The fraction of sp³-hybridized carbons (Fsp3) is 0.286. The molecule has 2 heterocycles. The summed E-state index contributed by atoms with van der Waals surface area (Å²) in [6.07, 6.45) is 3.65. The summed E-state index contributed by atoms with van der Waals surface area (Å²) in [5.74, 6) is 0. The van der Waals surface area contributed by atoms with Gasteiger partial charge in [0.2, 0.25) is 0 Å². The van der Waals surface area contributed by atoms with Crippen LogP contribution in [0, 0.1) is 27.7 Å². The van der Waals surface area contributed by atoms with Crippen LogP contribution in [0.15, 0.2) is 36.7 Å². The minimum atomic E-state index is 1.09. The van der Waals surface area contributed by atoms with E-state index < -0.39 is 0 Å². The van der Waals surface area contributed by atoms with E-state index in [4.69, 9.17) is 0 Å². The van der Waals surface area contributed by atoms with E-state index in [1.807, 2.05) is 38.4 Å². The Hall–Kier alpha value is -1.70. The minimum absolute atomic E-state index is 1.09. The van der Waals surface area contributed by atoms with Crippen LogP contribution in [0.3, 0.4) is 0 Å². The third-order valence-corrected chi connectivity index (χ3v) is 2.10. The van der Waals surface area contributed by atoms with Gasteiger partial charge in [-0.3, -0.25) is 9.97 Å². The van der Waals surface area contributed by atoms with Crippen molar-refractivity contribution in [2.75, 3.05) is 0 Å². The summed E-state index contributed by atoms with van der Waals surface area (Å²) < 4.78 is 0. The molecule has 0 aliphatic heterocycles. The Morgan fingerprint density at radius 2 is 1.06 bits per heavy atom. The average Bonchev–Trinajstić information content (AvgIpc) is 2.17. The molecule has 0 amide bonds. The molecule has 2 aromatic heterocycles. The SMILES string of the molecule is Cc1ccnc(C)c1.Cc1ccnc(C)c1. The number of hydrogen-bond acceptors (Lipinski definition) is 2. The van der Waals surface area contributed by atoms with Crippen molar-refractivity contribution in [1.29, 1.82) is 0 Å². The van der Waals surface area contributed by atoms with Crippen molar-refractivity contribution in [2.24, 2.45) is 0 Å². The number of aromatic nitrogens is 2. The maximum atomic E-state index is 4.04. The van der Waals surface area contributed by atoms with E-state index in [1.165, 1.54) is 11.1 Å². The van der Waals surface area contributed by atoms with E-state index in [0.717, 1.165) is 11.4 Å². The largest absolute Gasteiger partial charge is 0.262 e. The molecule has 0 saturated heterocycles. The van der Waals surface area contributed by atoms with Crippen LogP contribution in [-0.2, 0) is 0 Å². The summed E-state index contributed by atoms with van der Waals surface area (Å²) in [6, 6.07) is 8.10. The summed E-state index contributed by atoms with van der Waals surface area (Å²) in [4.78, 5) is 8.08. The van der Waals surface area contributed by atoms with Crippen molar-refractivity contribution in [2.45, 2.75) is 27.7 Å². The molecule has 84 valence electrons. The van der Waals surface area contributed by atoms with Gasteiger partial charge in [-0.15, -0.1) is 0 Å². The summed E-state index contributed by atoms with van der Waals surface area (Å²) in [5, 5.41) is 0. The van der Waals surface area contributed by atoms with Crippen LogP contribution >= 0.6 is 0 Å². The Morgan fingerprint density at radius 3 is 1.25 bits per heavy atom. The molecule has 0 aliphatic rings. The normalized spacial score (nSPS) is 9.25. The van der Waals surface area contributed by atoms with Gasteiger partial charge in [0.05, 0.1) is 0 Å². The molecule has 0 N–H and O–H groups in total. The van der Waals surface area contributed by atoms with Crippen molar-refractivity contribution >= 4 is 0 Å². The Labute approximate surface area is 97.4 Å². The van der Waals surface area contributed by atoms with Crippen LogP contribution in [0.25, 0.3) is 0 Å². The molecule has 0 saturated carbocycles. The lowest BCUT2D eigenvalue weighted by atomic mass is 10.3. The molecule has 0 aliphatic carbocycles. The topological polar surface area (TPSA) is 25.8 Å². The third kappa shape index (κ3) is 4.69. The van der Waals surface area contributed by atoms with Crippen molar-refractivity contribution < 1.29 is 0 Å². The number of nitrogens with zero attached hydrogens (tertiary/aromatic N) is 2. The smallest absolute Gasteiger partial charge is 0.0375 e. The van der Waals surface area contributed by atoms with E-state index >= 15 is 0 Å². The molecule has 2 rings (SSSR count). The lowest BCUT2D eigenvalue weighted by Gasteiger charge is -1.90. The van der Waals surface area contributed by atoms with Crippen LogP contribution in [0.5, 0.6) is 0 Å². The number of rotatable bonds is 0. The number of aryl methyl sites for hydroxylation is 4. The van der Waals surface area contributed by atoms with Gasteiger partial charge >= 0.3 is 0 Å². The van der Waals surface area contributed by atoms with Gasteiger partial charge in [-0.2, -0.15) is 0 Å². The quantitative estimate of drug-likeness (QED) is 0.671. The molecule has 2 heteroatoms. The standard InChI is InChI=1S/2C7H9N/c2*1-6-3-4-8-7(2)5-6/h2*3-5H,1-2H3. The highest BCUT2D eigenvalue weighted by Crippen LogP contribution is 1.96. The fourth-order valence-corrected chi connectivity index (χ4v) is 1.37. The van der Waals surface area contributed by atoms with E-state index in [2.05, 4.69) is 35.9 Å². The van der Waals surface area contributed by atoms with E-state index in [-0.39, 0.29) is 0 Å². The molecular weight excluding hydrogens is 196 g/mol. The first kappa shape index (κ1) is 12.4. The van der Waals surface area contributed by atoms with E-state index in [0.29, 0.717) is 0 Å². The van der Waals surface area contributed by atoms with Gasteiger partial charge in [-0.05, 0) is 63.1 Å². The monoisotopic (exact) mass is 214 g/mol. The first-order valence-electron chi connectivity index (χ1n) is 5.36. The molecular formula is C14H18N2. The van der Waals surface area contributed by atoms with Crippen molar-refractivity contribution in [3.05, 3.63) is 59.2 Å². The van der Waals surface area contributed by atoms with Crippen LogP contribution in [0.2, 0.25) is 0 Å². The van der Waals surface area contributed by atoms with Crippen LogP contribution in [0.1, 0.15) is 22.5 Å². The Bertz CT molecular complexity index is 372. The first-order valence-corrected chi connectivity index (χ1v) is 5.36. The molecule has 0 spiro atoms. The summed E-state index contributed by atoms with van der Waals surface area (Å²) >= 11 is 0. The van der Waals surface area contributed by atoms with Gasteiger partial charge in [-0.25, -0.2) is 0 Å². The van der Waals surface area contributed by atoms with Crippen LogP contribution in [-0.4, -0.2) is 9.97 Å². The molecule has 0 fully saturated rings. The molecule has 0 aromatic carbocycles. The number of pyridine rings is 2. The molecule has 0 bridgehead atoms. The zero-order valence-electron chi connectivity index (χ0n) is 10.4. The van der Waals surface area contributed by atoms with Gasteiger partial charge in [-0.1, -0.05) is 0 Å². The fourth-order valence-electron chi connectivity index (χ4n) is 1.37. The Kier molecular flexibility index (Phi) is 4.65. The highest BCUT2D eigenvalue weighted by atomic mass is 14.6. The first-order chi connectivity index (χ1) is 7.58. The summed E-state index contributed by atoms with van der Waals surface area (Å²) in [6.45, 7) is 8.11. The van der Waals surface area contributed by atoms with Gasteiger partial charge in [0.15, 0.2) is 0 Å². The molecule has 0 unspecified atom stereocenters. The Morgan fingerprint density at radius 1 is 0.688 bits per heavy atom. The predicted molar refractivity (Wildman–Crippen MR) is 67.4 cm³/mol. The second-order valence-corrected chi connectivity index (χ2v) is 3.95. The summed E-state index contributed by atoms with van der Waals surface area (Å²) in [5.41, 5.74) is 4.73. The zero-order valence-corrected chi connectivity index (χ0v) is 10.4. The van der Waals surface area contributed by atoms with E-state index in [9.17, 15) is 0 Å². The molecule has 0 radical (unpaired) electrons. The maximum Gasteiger partial charge on any atom is 0.0375 e. The predicted octanol–water partition coefficient (Wildman–Crippen LogP) is 3.40. The zero-order chi connectivity index (χ0) is 12.0. The van der Waals surface area contributed by atoms with E-state index in [1.54, 1.807) is 0 Å². The van der Waals surface area contributed by atoms with Gasteiger partial charge in [0, 0.05) is 23.8 Å². The highest BCUT2D eigenvalue weighted by molar-refractivity contribution is 5.13. The lowest BCUT2D eigenvalue weighted by molar-refractivity contribution is 1.18. The van der Waals surface area contributed by atoms with Gasteiger partial charge in [0.25, 0.3) is 0 Å². The van der Waals surface area contributed by atoms with Crippen molar-refractivity contribution in [3.8, 4) is 0 Å². The molecule has 2 nitrogen and oxygen atoms in total. The Balaban J connectivity index is 0.000000160. The minimum Gasteiger partial charge on any atom is -0.262 e. The number of hydrogen-bond donors (Lipinski definition) is 0. The maximum absolute atomic E-state index is 4.04. The lowest BCUT2D eigenvalue weighted by Crippen LogP contribution is -1.78. The van der Waals surface area contributed by atoms with Gasteiger partial charge < -0.3 is 0 Å². The average molecular weight is 214 g/mol. The summed E-state index contributed by atoms with van der Waals surface area (Å²) in [7, 11) is 0. The second-order valence-electron chi connectivity index (χ2n) is 3.95. The third-order valence-electron chi connectivity index (χ3n) is 2.10. The highest BCUT2D eigenvalue weighted by Gasteiger charge is 1.82. The van der Waals surface area contributed by atoms with Gasteiger partial charge in [0.1, 0.15) is 0 Å². The molecule has 2 aromatic rings. The van der Waals surface area contributed by atoms with Crippen LogP contribution in [0.4, 0.5) is 0 Å².